The fraction of sp³-hybridized carbons (Fsp3) is 0.387. The summed E-state index contributed by atoms with van der Waals surface area (Å²) in [4.78, 5) is 13.1. The van der Waals surface area contributed by atoms with Crippen molar-refractivity contribution in [2.24, 2.45) is 17.8 Å². The van der Waals surface area contributed by atoms with Crippen LogP contribution in [0.3, 0.4) is 0 Å². The topological polar surface area (TPSA) is 87.0 Å². The van der Waals surface area contributed by atoms with Gasteiger partial charge in [0.05, 0.1) is 13.2 Å². The van der Waals surface area contributed by atoms with E-state index in [0.29, 0.717) is 41.4 Å². The summed E-state index contributed by atoms with van der Waals surface area (Å²) in [7, 11) is 5.28. The first-order chi connectivity index (χ1) is 18.4. The number of ketones is 1. The molecule has 3 aromatic carbocycles. The van der Waals surface area contributed by atoms with Crippen molar-refractivity contribution in [3.8, 4) is 28.4 Å². The molecular formula is C31H32O5S2. The first-order valence-electron chi connectivity index (χ1n) is 13.2. The molecule has 3 aliphatic carbocycles. The highest BCUT2D eigenvalue weighted by Gasteiger charge is 2.42. The third-order valence-corrected chi connectivity index (χ3v) is 11.3. The third kappa shape index (κ3) is 4.69. The summed E-state index contributed by atoms with van der Waals surface area (Å²) in [5.41, 5.74) is 3.70. The van der Waals surface area contributed by atoms with Crippen LogP contribution < -0.4 is 4.74 Å². The van der Waals surface area contributed by atoms with Crippen molar-refractivity contribution in [2.75, 3.05) is 7.11 Å². The van der Waals surface area contributed by atoms with Gasteiger partial charge in [-0.3, -0.25) is 4.79 Å². The van der Waals surface area contributed by atoms with Gasteiger partial charge in [-0.25, -0.2) is 0 Å². The quantitative estimate of drug-likeness (QED) is 0.232. The molecule has 0 unspecified atom stereocenters. The van der Waals surface area contributed by atoms with E-state index in [1.54, 1.807) is 19.2 Å². The van der Waals surface area contributed by atoms with Crippen LogP contribution in [0.2, 0.25) is 0 Å². The van der Waals surface area contributed by atoms with Crippen molar-refractivity contribution in [1.82, 2.24) is 0 Å². The van der Waals surface area contributed by atoms with Crippen molar-refractivity contribution in [3.05, 3.63) is 65.7 Å². The van der Waals surface area contributed by atoms with Crippen molar-refractivity contribution in [2.45, 2.75) is 49.2 Å². The average Bonchev–Trinajstić information content (AvgIpc) is 2.92. The van der Waals surface area contributed by atoms with Crippen LogP contribution in [-0.4, -0.2) is 39.6 Å². The maximum absolute atomic E-state index is 13.1. The molecule has 3 N–H and O–H groups in total. The Labute approximate surface area is 230 Å². The number of carbonyl (C=O) groups excluding carboxylic acids is 1. The number of hydrogen-bond acceptors (Lipinski definition) is 7. The number of aliphatic hydroxyl groups excluding tert-OH is 1. The Hall–Kier alpha value is -2.61. The molecule has 3 aromatic rings. The second kappa shape index (κ2) is 10.5. The van der Waals surface area contributed by atoms with Crippen molar-refractivity contribution >= 4 is 38.1 Å². The smallest absolute Gasteiger partial charge is 0.168 e. The number of allylic oxidation sites excluding steroid dienone is 2. The molecule has 1 saturated carbocycles. The highest BCUT2D eigenvalue weighted by molar-refractivity contribution is 8.76. The first-order valence-corrected chi connectivity index (χ1v) is 15.6. The lowest BCUT2D eigenvalue weighted by molar-refractivity contribution is -0.122. The van der Waals surface area contributed by atoms with E-state index in [9.17, 15) is 20.1 Å². The zero-order valence-electron chi connectivity index (χ0n) is 21.3. The minimum atomic E-state index is -0.611. The molecule has 4 bridgehead atoms. The summed E-state index contributed by atoms with van der Waals surface area (Å²) in [6.45, 7) is 0. The number of fused-ring (bicyclic) bond motifs is 7. The number of phenolic OH excluding ortho intramolecular Hbond substituents is 2. The Balaban J connectivity index is 1.49. The number of hydrogen-bond donors (Lipinski definition) is 3. The normalized spacial score (nSPS) is 27.3. The minimum Gasteiger partial charge on any atom is -0.508 e. The van der Waals surface area contributed by atoms with Crippen LogP contribution in [0, 0.1) is 17.8 Å². The zero-order valence-corrected chi connectivity index (χ0v) is 22.9. The molecule has 7 heteroatoms. The van der Waals surface area contributed by atoms with Crippen molar-refractivity contribution < 1.29 is 24.9 Å². The fourth-order valence-corrected chi connectivity index (χ4v) is 9.61. The van der Waals surface area contributed by atoms with Gasteiger partial charge < -0.3 is 20.1 Å². The lowest BCUT2D eigenvalue weighted by Gasteiger charge is -2.44. The van der Waals surface area contributed by atoms with Crippen LogP contribution >= 0.6 is 21.6 Å². The standard InChI is InChI=1S/C31H32O5S2/c1-36-31-27(34)11-7-18-5-9-22(33)15-28(35)25-12-20-3-2-19(25)13-29(20)38-37-16-26-23(30(18)31)10-6-17-4-8-21(32)14-24(17)26/h2-4,6-8,10-11,14,19-20,25,28-29,32,34-35H,5,9,12-13,15-16H2,1H3/t19-,20+,25+,28-,29-/m0/s1. The zero-order chi connectivity index (χ0) is 26.4. The van der Waals surface area contributed by atoms with Gasteiger partial charge in [0.25, 0.3) is 0 Å². The predicted molar refractivity (Wildman–Crippen MR) is 155 cm³/mol. The molecule has 2 heterocycles. The lowest BCUT2D eigenvalue weighted by atomic mass is 9.66. The van der Waals surface area contributed by atoms with E-state index in [4.69, 9.17) is 4.74 Å². The predicted octanol–water partition coefficient (Wildman–Crippen LogP) is 6.66. The number of Topliss-reactive ketones (excluding diaryl/α,β-unsaturated/α-hetero) is 1. The summed E-state index contributed by atoms with van der Waals surface area (Å²) < 4.78 is 5.72. The number of methoxy groups -OCH3 is 1. The SMILES string of the molecule is COc1c(O)ccc2c1-c1ccc3ccc(O)cc3c1CSS[C@H]1C[C@@H]3C=C[C@@H]1C[C@H]3[C@@H](O)CC(=O)CC2. The number of carbonyl (C=O) groups is 1. The average molecular weight is 549 g/mol. The number of ether oxygens (including phenoxy) is 1. The van der Waals surface area contributed by atoms with E-state index in [1.807, 2.05) is 45.9 Å². The van der Waals surface area contributed by atoms with E-state index in [-0.39, 0.29) is 29.6 Å². The second-order valence-electron chi connectivity index (χ2n) is 10.7. The molecular weight excluding hydrogens is 516 g/mol. The number of phenols is 2. The monoisotopic (exact) mass is 548 g/mol. The van der Waals surface area contributed by atoms with Gasteiger partial charge >= 0.3 is 0 Å². The number of aromatic hydroxyl groups is 2. The number of rotatable bonds is 1. The summed E-state index contributed by atoms with van der Waals surface area (Å²) in [6.07, 6.45) is 6.88. The highest BCUT2D eigenvalue weighted by Crippen LogP contribution is 2.52. The minimum absolute atomic E-state index is 0.0477. The van der Waals surface area contributed by atoms with Gasteiger partial charge in [0.2, 0.25) is 0 Å². The molecule has 0 radical (unpaired) electrons. The summed E-state index contributed by atoms with van der Waals surface area (Å²) in [5.74, 6) is 2.26. The van der Waals surface area contributed by atoms with Gasteiger partial charge in [0, 0.05) is 29.4 Å². The van der Waals surface area contributed by atoms with E-state index in [0.717, 1.165) is 45.9 Å². The molecule has 0 spiro atoms. The van der Waals surface area contributed by atoms with Gasteiger partial charge in [-0.05, 0) is 82.7 Å². The molecule has 5 nitrogen and oxygen atoms in total. The van der Waals surface area contributed by atoms with Gasteiger partial charge in [0.15, 0.2) is 11.5 Å². The summed E-state index contributed by atoms with van der Waals surface area (Å²) in [6, 6.07) is 13.0. The summed E-state index contributed by atoms with van der Waals surface area (Å²) >= 11 is 0. The van der Waals surface area contributed by atoms with Crippen LogP contribution in [0.25, 0.3) is 21.9 Å². The maximum atomic E-state index is 13.1. The van der Waals surface area contributed by atoms with Gasteiger partial charge in [-0.1, -0.05) is 58.0 Å². The van der Waals surface area contributed by atoms with Crippen molar-refractivity contribution in [3.63, 3.8) is 0 Å². The van der Waals surface area contributed by atoms with Gasteiger partial charge in [0.1, 0.15) is 11.5 Å². The Bertz CT molecular complexity index is 1420. The first kappa shape index (κ1) is 25.7. The maximum Gasteiger partial charge on any atom is 0.168 e. The molecule has 5 atom stereocenters. The molecule has 1 fully saturated rings. The van der Waals surface area contributed by atoms with E-state index < -0.39 is 6.10 Å². The number of aliphatic hydroxyl groups is 1. The van der Waals surface area contributed by atoms with E-state index >= 15 is 0 Å². The van der Waals surface area contributed by atoms with E-state index in [1.165, 1.54) is 0 Å². The number of benzene rings is 3. The van der Waals surface area contributed by atoms with Crippen molar-refractivity contribution in [1.29, 1.82) is 0 Å². The largest absolute Gasteiger partial charge is 0.508 e. The summed E-state index contributed by atoms with van der Waals surface area (Å²) in [5, 5.41) is 34.6. The molecule has 0 amide bonds. The molecule has 0 saturated heterocycles. The molecule has 5 aliphatic rings. The highest BCUT2D eigenvalue weighted by atomic mass is 33.1. The van der Waals surface area contributed by atoms with E-state index in [2.05, 4.69) is 18.2 Å². The molecule has 38 heavy (non-hydrogen) atoms. The molecule has 8 rings (SSSR count). The third-order valence-electron chi connectivity index (χ3n) is 8.49. The van der Waals surface area contributed by atoms with Gasteiger partial charge in [-0.2, -0.15) is 0 Å². The number of aryl methyl sites for hydroxylation is 1. The Kier molecular flexibility index (Phi) is 7.10. The Morgan fingerprint density at radius 1 is 0.974 bits per heavy atom. The van der Waals surface area contributed by atoms with Crippen LogP contribution in [0.15, 0.2) is 54.6 Å². The molecule has 2 aliphatic heterocycles. The lowest BCUT2D eigenvalue weighted by Crippen LogP contribution is -2.41. The van der Waals surface area contributed by atoms with Crippen LogP contribution in [0.1, 0.15) is 36.8 Å². The second-order valence-corrected chi connectivity index (χ2v) is 13.3. The fourth-order valence-electron chi connectivity index (χ4n) is 6.54. The van der Waals surface area contributed by atoms with Crippen LogP contribution in [0.4, 0.5) is 0 Å². The molecule has 198 valence electrons. The Morgan fingerprint density at radius 2 is 1.79 bits per heavy atom. The van der Waals surface area contributed by atoms with Gasteiger partial charge in [-0.15, -0.1) is 0 Å². The van der Waals surface area contributed by atoms with Crippen LogP contribution in [-0.2, 0) is 17.0 Å². The molecule has 0 aromatic heterocycles. The Morgan fingerprint density at radius 3 is 2.58 bits per heavy atom. The van der Waals surface area contributed by atoms with Crippen LogP contribution in [0.5, 0.6) is 17.2 Å².